The fourth-order valence-electron chi connectivity index (χ4n) is 1.54. The van der Waals surface area contributed by atoms with Gasteiger partial charge in [0, 0.05) is 26.2 Å². The zero-order valence-electron chi connectivity index (χ0n) is 11.6. The van der Waals surface area contributed by atoms with Crippen molar-refractivity contribution in [3.05, 3.63) is 0 Å². The van der Waals surface area contributed by atoms with Crippen LogP contribution in [0.4, 0.5) is 0 Å². The molecule has 0 bridgehead atoms. The van der Waals surface area contributed by atoms with E-state index in [0.29, 0.717) is 46.2 Å². The van der Waals surface area contributed by atoms with Crippen LogP contribution >= 0.6 is 0 Å². The first-order chi connectivity index (χ1) is 9.39. The molecule has 4 N–H and O–H groups in total. The average Bonchev–Trinajstić information content (AvgIpc) is 2.41. The van der Waals surface area contributed by atoms with Gasteiger partial charge in [-0.2, -0.15) is 0 Å². The van der Waals surface area contributed by atoms with Gasteiger partial charge in [0.2, 0.25) is 0 Å². The minimum Gasteiger partial charge on any atom is -0.378 e. The lowest BCUT2D eigenvalue weighted by Gasteiger charge is -2.14. The topological polar surface area (TPSA) is 87.0 Å². The van der Waals surface area contributed by atoms with Crippen molar-refractivity contribution in [3.63, 3.8) is 0 Å². The third-order valence-electron chi connectivity index (χ3n) is 2.53. The summed E-state index contributed by atoms with van der Waals surface area (Å²) in [7, 11) is 0. The lowest BCUT2D eigenvalue weighted by molar-refractivity contribution is -0.0122. The van der Waals surface area contributed by atoms with Crippen LogP contribution in [0.15, 0.2) is 0 Å². The van der Waals surface area contributed by atoms with Gasteiger partial charge < -0.3 is 35.3 Å². The molecule has 0 aromatic rings. The standard InChI is InChI=1S/C12H27N3O4/c13-12-11-18-7-3-14-1-5-16-9-10-17-6-2-15-4-8-19-12/h12,14-15H,1-11,13H2. The quantitative estimate of drug-likeness (QED) is 0.498. The first-order valence-corrected chi connectivity index (χ1v) is 6.91. The van der Waals surface area contributed by atoms with E-state index < -0.39 is 0 Å². The molecule has 1 unspecified atom stereocenters. The Labute approximate surface area is 115 Å². The summed E-state index contributed by atoms with van der Waals surface area (Å²) >= 11 is 0. The summed E-state index contributed by atoms with van der Waals surface area (Å²) < 4.78 is 21.6. The number of nitrogens with two attached hydrogens (primary N) is 1. The van der Waals surface area contributed by atoms with Gasteiger partial charge in [-0.1, -0.05) is 0 Å². The van der Waals surface area contributed by atoms with Crippen LogP contribution in [0.3, 0.4) is 0 Å². The molecule has 0 spiro atoms. The van der Waals surface area contributed by atoms with E-state index in [2.05, 4.69) is 10.6 Å². The van der Waals surface area contributed by atoms with E-state index in [1.54, 1.807) is 0 Å². The molecule has 19 heavy (non-hydrogen) atoms. The van der Waals surface area contributed by atoms with Gasteiger partial charge in [-0.15, -0.1) is 0 Å². The Kier molecular flexibility index (Phi) is 11.2. The number of rotatable bonds is 0. The Morgan fingerprint density at radius 3 is 1.84 bits per heavy atom. The Morgan fingerprint density at radius 1 is 0.684 bits per heavy atom. The highest BCUT2D eigenvalue weighted by Gasteiger charge is 2.02. The molecule has 1 atom stereocenters. The van der Waals surface area contributed by atoms with Gasteiger partial charge >= 0.3 is 0 Å². The van der Waals surface area contributed by atoms with E-state index in [1.165, 1.54) is 0 Å². The Balaban J connectivity index is 2.08. The van der Waals surface area contributed by atoms with Crippen molar-refractivity contribution in [1.82, 2.24) is 10.6 Å². The minimum atomic E-state index is -0.361. The van der Waals surface area contributed by atoms with Gasteiger partial charge in [0.25, 0.3) is 0 Å². The van der Waals surface area contributed by atoms with Crippen LogP contribution in [0.5, 0.6) is 0 Å². The molecule has 0 amide bonds. The normalized spacial score (nSPS) is 27.3. The average molecular weight is 277 g/mol. The second-order valence-corrected chi connectivity index (χ2v) is 4.21. The molecule has 114 valence electrons. The van der Waals surface area contributed by atoms with Crippen molar-refractivity contribution in [2.45, 2.75) is 6.23 Å². The fraction of sp³-hybridized carbons (Fsp3) is 1.00. The molecule has 1 heterocycles. The highest BCUT2D eigenvalue weighted by Crippen LogP contribution is 1.85. The summed E-state index contributed by atoms with van der Waals surface area (Å²) in [5.74, 6) is 0. The van der Waals surface area contributed by atoms with Gasteiger partial charge in [0.15, 0.2) is 0 Å². The molecule has 1 rings (SSSR count). The highest BCUT2D eigenvalue weighted by molar-refractivity contribution is 4.51. The molecule has 7 heteroatoms. The SMILES string of the molecule is NC1COCCNCCOCCOCCNCCO1. The molecule has 7 nitrogen and oxygen atoms in total. The van der Waals surface area contributed by atoms with Crippen LogP contribution in [0.1, 0.15) is 0 Å². The monoisotopic (exact) mass is 277 g/mol. The van der Waals surface area contributed by atoms with E-state index in [0.717, 1.165) is 26.2 Å². The van der Waals surface area contributed by atoms with Crippen molar-refractivity contribution in [2.24, 2.45) is 5.73 Å². The molecule has 0 aliphatic carbocycles. The van der Waals surface area contributed by atoms with Crippen molar-refractivity contribution in [3.8, 4) is 0 Å². The molecule has 1 saturated heterocycles. The maximum absolute atomic E-state index is 5.75. The lowest BCUT2D eigenvalue weighted by atomic mass is 10.5. The number of hydrogen-bond acceptors (Lipinski definition) is 7. The Bertz CT molecular complexity index is 180. The number of ether oxygens (including phenoxy) is 4. The van der Waals surface area contributed by atoms with Crippen LogP contribution in [0, 0.1) is 0 Å². The summed E-state index contributed by atoms with van der Waals surface area (Å²) in [6.07, 6.45) is -0.361. The molecule has 1 aliphatic heterocycles. The summed E-state index contributed by atoms with van der Waals surface area (Å²) in [5.41, 5.74) is 5.75. The van der Waals surface area contributed by atoms with Crippen molar-refractivity contribution >= 4 is 0 Å². The van der Waals surface area contributed by atoms with Crippen LogP contribution < -0.4 is 16.4 Å². The third-order valence-corrected chi connectivity index (χ3v) is 2.53. The first-order valence-electron chi connectivity index (χ1n) is 6.91. The van der Waals surface area contributed by atoms with Gasteiger partial charge in [0.1, 0.15) is 6.23 Å². The molecular weight excluding hydrogens is 250 g/mol. The van der Waals surface area contributed by atoms with E-state index in [-0.39, 0.29) is 6.23 Å². The summed E-state index contributed by atoms with van der Waals surface area (Å²) in [5, 5.41) is 6.43. The van der Waals surface area contributed by atoms with Gasteiger partial charge in [-0.05, 0) is 0 Å². The second-order valence-electron chi connectivity index (χ2n) is 4.21. The van der Waals surface area contributed by atoms with Crippen molar-refractivity contribution < 1.29 is 18.9 Å². The molecule has 0 saturated carbocycles. The van der Waals surface area contributed by atoms with Gasteiger partial charge in [-0.25, -0.2) is 0 Å². The molecule has 0 aromatic heterocycles. The van der Waals surface area contributed by atoms with Crippen LogP contribution in [-0.4, -0.2) is 78.7 Å². The summed E-state index contributed by atoms with van der Waals surface area (Å²) in [4.78, 5) is 0. The zero-order chi connectivity index (χ0) is 13.6. The van der Waals surface area contributed by atoms with Crippen LogP contribution in [0.25, 0.3) is 0 Å². The van der Waals surface area contributed by atoms with E-state index >= 15 is 0 Å². The predicted molar refractivity (Wildman–Crippen MR) is 72.1 cm³/mol. The van der Waals surface area contributed by atoms with Gasteiger partial charge in [0.05, 0.1) is 46.2 Å². The number of hydrogen-bond donors (Lipinski definition) is 3. The van der Waals surface area contributed by atoms with Crippen LogP contribution in [0.2, 0.25) is 0 Å². The minimum absolute atomic E-state index is 0.361. The fourth-order valence-corrected chi connectivity index (χ4v) is 1.54. The largest absolute Gasteiger partial charge is 0.378 e. The lowest BCUT2D eigenvalue weighted by Crippen LogP contribution is -2.34. The second kappa shape index (κ2) is 12.7. The third kappa shape index (κ3) is 11.3. The first kappa shape index (κ1) is 16.8. The maximum Gasteiger partial charge on any atom is 0.129 e. The summed E-state index contributed by atoms with van der Waals surface area (Å²) in [6, 6.07) is 0. The predicted octanol–water partition coefficient (Wildman–Crippen LogP) is -1.47. The van der Waals surface area contributed by atoms with E-state index in [4.69, 9.17) is 24.7 Å². The molecule has 1 fully saturated rings. The van der Waals surface area contributed by atoms with Crippen molar-refractivity contribution in [1.29, 1.82) is 0 Å². The molecular formula is C12H27N3O4. The van der Waals surface area contributed by atoms with Gasteiger partial charge in [-0.3, -0.25) is 0 Å². The van der Waals surface area contributed by atoms with E-state index in [9.17, 15) is 0 Å². The summed E-state index contributed by atoms with van der Waals surface area (Å²) in [6.45, 7) is 7.41. The highest BCUT2D eigenvalue weighted by atomic mass is 16.5. The Morgan fingerprint density at radius 2 is 1.21 bits per heavy atom. The number of nitrogens with one attached hydrogen (secondary N) is 2. The Hall–Kier alpha value is -0.280. The van der Waals surface area contributed by atoms with Crippen LogP contribution in [-0.2, 0) is 18.9 Å². The zero-order valence-corrected chi connectivity index (χ0v) is 11.6. The molecule has 1 aliphatic rings. The van der Waals surface area contributed by atoms with Crippen molar-refractivity contribution in [2.75, 3.05) is 72.4 Å². The molecule has 0 aromatic carbocycles. The molecule has 0 radical (unpaired) electrons. The maximum atomic E-state index is 5.75. The smallest absolute Gasteiger partial charge is 0.129 e. The van der Waals surface area contributed by atoms with E-state index in [1.807, 2.05) is 0 Å².